The number of benzene rings is 1. The van der Waals surface area contributed by atoms with Gasteiger partial charge in [-0.3, -0.25) is 9.20 Å². The van der Waals surface area contributed by atoms with Gasteiger partial charge in [-0.05, 0) is 57.2 Å². The summed E-state index contributed by atoms with van der Waals surface area (Å²) >= 11 is 0. The summed E-state index contributed by atoms with van der Waals surface area (Å²) in [4.78, 5) is 16.6. The highest BCUT2D eigenvalue weighted by Gasteiger charge is 2.16. The molecule has 2 N–H and O–H groups in total. The fraction of sp³-hybridized carbons (Fsp3) is 0.458. The van der Waals surface area contributed by atoms with Crippen molar-refractivity contribution >= 4 is 28.4 Å². The van der Waals surface area contributed by atoms with E-state index in [4.69, 9.17) is 9.51 Å². The van der Waals surface area contributed by atoms with Crippen molar-refractivity contribution in [2.24, 2.45) is 5.92 Å². The van der Waals surface area contributed by atoms with Crippen LogP contribution < -0.4 is 10.6 Å². The number of aromatic nitrogens is 5. The van der Waals surface area contributed by atoms with Crippen LogP contribution in [0.5, 0.6) is 0 Å². The van der Waals surface area contributed by atoms with Crippen LogP contribution in [0.15, 0.2) is 22.7 Å². The lowest BCUT2D eigenvalue weighted by Crippen LogP contribution is -2.25. The van der Waals surface area contributed by atoms with E-state index < -0.39 is 0 Å². The summed E-state index contributed by atoms with van der Waals surface area (Å²) in [6.07, 6.45) is 2.36. The Labute approximate surface area is 193 Å². The van der Waals surface area contributed by atoms with Crippen LogP contribution in [0.1, 0.15) is 50.4 Å². The SMILES string of the molecule is Cc1noc(C)c1-c1ccc2c(c1)nc(NCCCCNC(=O)CC(C)C)c1nnc(C)n12. The standard InChI is InChI=1S/C24H31N7O2/c1-14(2)12-21(32)25-10-6-7-11-26-23-24-29-28-17(5)31(24)20-9-8-18(13-19(20)27-23)22-15(3)30-33-16(22)4/h8-9,13-14H,6-7,10-12H2,1-5H3,(H,25,32)(H,26,27). The van der Waals surface area contributed by atoms with Crippen LogP contribution in [-0.4, -0.2) is 43.7 Å². The molecule has 0 fully saturated rings. The van der Waals surface area contributed by atoms with E-state index in [1.165, 1.54) is 0 Å². The Morgan fingerprint density at radius 2 is 1.91 bits per heavy atom. The van der Waals surface area contributed by atoms with Crippen LogP contribution in [0.25, 0.3) is 27.8 Å². The molecule has 0 bridgehead atoms. The van der Waals surface area contributed by atoms with Crippen molar-refractivity contribution in [1.29, 1.82) is 0 Å². The molecule has 1 aromatic carbocycles. The molecular formula is C24H31N7O2. The van der Waals surface area contributed by atoms with Crippen LogP contribution in [0.3, 0.4) is 0 Å². The lowest BCUT2D eigenvalue weighted by molar-refractivity contribution is -0.121. The minimum absolute atomic E-state index is 0.115. The topological polar surface area (TPSA) is 110 Å². The Kier molecular flexibility index (Phi) is 6.57. The summed E-state index contributed by atoms with van der Waals surface area (Å²) in [5, 5.41) is 19.1. The lowest BCUT2D eigenvalue weighted by Gasteiger charge is -2.11. The third-order valence-corrected chi connectivity index (χ3v) is 5.62. The fourth-order valence-electron chi connectivity index (χ4n) is 4.07. The third kappa shape index (κ3) is 4.81. The van der Waals surface area contributed by atoms with E-state index in [2.05, 4.69) is 38.1 Å². The fourth-order valence-corrected chi connectivity index (χ4v) is 4.07. The number of aryl methyl sites for hydroxylation is 3. The number of unbranched alkanes of at least 4 members (excludes halogenated alkanes) is 1. The van der Waals surface area contributed by atoms with Crippen LogP contribution in [0.4, 0.5) is 5.82 Å². The number of carbonyl (C=O) groups is 1. The van der Waals surface area contributed by atoms with Crippen molar-refractivity contribution in [1.82, 2.24) is 30.1 Å². The zero-order valence-corrected chi connectivity index (χ0v) is 19.9. The summed E-state index contributed by atoms with van der Waals surface area (Å²) in [5.74, 6) is 2.77. The first-order chi connectivity index (χ1) is 15.8. The molecule has 4 aromatic rings. The van der Waals surface area contributed by atoms with E-state index in [-0.39, 0.29) is 5.91 Å². The Morgan fingerprint density at radius 1 is 1.12 bits per heavy atom. The first-order valence-electron chi connectivity index (χ1n) is 11.4. The Hall–Kier alpha value is -3.49. The highest BCUT2D eigenvalue weighted by Crippen LogP contribution is 2.30. The molecule has 0 spiro atoms. The Morgan fingerprint density at radius 3 is 2.64 bits per heavy atom. The molecule has 0 radical (unpaired) electrons. The molecule has 0 aliphatic carbocycles. The molecule has 0 aliphatic heterocycles. The van der Waals surface area contributed by atoms with E-state index in [1.807, 2.05) is 45.1 Å². The second-order valence-electron chi connectivity index (χ2n) is 8.85. The first kappa shape index (κ1) is 22.7. The molecule has 1 amide bonds. The van der Waals surface area contributed by atoms with Crippen molar-refractivity contribution in [3.63, 3.8) is 0 Å². The van der Waals surface area contributed by atoms with Crippen molar-refractivity contribution in [2.45, 2.75) is 53.9 Å². The number of nitrogens with zero attached hydrogens (tertiary/aromatic N) is 5. The highest BCUT2D eigenvalue weighted by atomic mass is 16.5. The Bertz CT molecular complexity index is 1270. The van der Waals surface area contributed by atoms with Crippen molar-refractivity contribution < 1.29 is 9.32 Å². The van der Waals surface area contributed by atoms with Crippen molar-refractivity contribution in [2.75, 3.05) is 18.4 Å². The van der Waals surface area contributed by atoms with Gasteiger partial charge in [0.25, 0.3) is 0 Å². The minimum Gasteiger partial charge on any atom is -0.367 e. The predicted octanol–water partition coefficient (Wildman–Crippen LogP) is 4.21. The molecule has 0 aliphatic rings. The second kappa shape index (κ2) is 9.56. The maximum Gasteiger partial charge on any atom is 0.220 e. The Balaban J connectivity index is 1.52. The smallest absolute Gasteiger partial charge is 0.220 e. The number of anilines is 1. The van der Waals surface area contributed by atoms with Gasteiger partial charge in [0.15, 0.2) is 5.82 Å². The predicted molar refractivity (Wildman–Crippen MR) is 128 cm³/mol. The van der Waals surface area contributed by atoms with Gasteiger partial charge in [-0.1, -0.05) is 25.1 Å². The minimum atomic E-state index is 0.115. The monoisotopic (exact) mass is 449 g/mol. The molecule has 3 heterocycles. The summed E-state index contributed by atoms with van der Waals surface area (Å²) < 4.78 is 7.37. The molecule has 0 unspecified atom stereocenters. The van der Waals surface area contributed by atoms with Gasteiger partial charge in [0.05, 0.1) is 16.7 Å². The summed E-state index contributed by atoms with van der Waals surface area (Å²) in [6.45, 7) is 11.3. The highest BCUT2D eigenvalue weighted by molar-refractivity contribution is 5.87. The molecular weight excluding hydrogens is 418 g/mol. The molecule has 9 nitrogen and oxygen atoms in total. The van der Waals surface area contributed by atoms with Gasteiger partial charge in [0.2, 0.25) is 11.6 Å². The van der Waals surface area contributed by atoms with Gasteiger partial charge in [-0.15, -0.1) is 10.2 Å². The third-order valence-electron chi connectivity index (χ3n) is 5.62. The van der Waals surface area contributed by atoms with Crippen LogP contribution in [-0.2, 0) is 4.79 Å². The molecule has 3 aromatic heterocycles. The van der Waals surface area contributed by atoms with E-state index >= 15 is 0 Å². The zero-order chi connectivity index (χ0) is 23.5. The van der Waals surface area contributed by atoms with E-state index in [0.717, 1.165) is 58.8 Å². The molecule has 4 rings (SSSR count). The second-order valence-corrected chi connectivity index (χ2v) is 8.85. The number of hydrogen-bond acceptors (Lipinski definition) is 7. The van der Waals surface area contributed by atoms with Gasteiger partial charge >= 0.3 is 0 Å². The quantitative estimate of drug-likeness (QED) is 0.368. The van der Waals surface area contributed by atoms with Gasteiger partial charge < -0.3 is 15.2 Å². The van der Waals surface area contributed by atoms with E-state index in [9.17, 15) is 4.79 Å². The molecule has 9 heteroatoms. The number of amides is 1. The van der Waals surface area contributed by atoms with Crippen molar-refractivity contribution in [3.05, 3.63) is 35.5 Å². The number of hydrogen-bond donors (Lipinski definition) is 2. The van der Waals surface area contributed by atoms with Gasteiger partial charge in [0.1, 0.15) is 11.6 Å². The molecule has 0 saturated heterocycles. The summed E-state index contributed by atoms with van der Waals surface area (Å²) in [7, 11) is 0. The number of rotatable bonds is 9. The van der Waals surface area contributed by atoms with E-state index in [0.29, 0.717) is 30.3 Å². The average Bonchev–Trinajstić information content (AvgIpc) is 3.31. The largest absolute Gasteiger partial charge is 0.367 e. The molecule has 33 heavy (non-hydrogen) atoms. The first-order valence-corrected chi connectivity index (χ1v) is 11.4. The maximum absolute atomic E-state index is 11.8. The average molecular weight is 450 g/mol. The van der Waals surface area contributed by atoms with Gasteiger partial charge in [-0.2, -0.15) is 0 Å². The van der Waals surface area contributed by atoms with Gasteiger partial charge in [-0.25, -0.2) is 4.98 Å². The number of fused-ring (bicyclic) bond motifs is 3. The summed E-state index contributed by atoms with van der Waals surface area (Å²) in [6, 6.07) is 6.14. The molecule has 0 saturated carbocycles. The number of nitrogens with one attached hydrogen (secondary N) is 2. The molecule has 174 valence electrons. The van der Waals surface area contributed by atoms with Gasteiger partial charge in [0, 0.05) is 25.1 Å². The van der Waals surface area contributed by atoms with E-state index in [1.54, 1.807) is 0 Å². The summed E-state index contributed by atoms with van der Waals surface area (Å²) in [5.41, 5.74) is 5.35. The molecule has 0 atom stereocenters. The zero-order valence-electron chi connectivity index (χ0n) is 19.9. The normalized spacial score (nSPS) is 11.6. The maximum atomic E-state index is 11.8. The number of carbonyl (C=O) groups excluding carboxylic acids is 1. The van der Waals surface area contributed by atoms with Crippen LogP contribution in [0.2, 0.25) is 0 Å². The lowest BCUT2D eigenvalue weighted by atomic mass is 10.0. The van der Waals surface area contributed by atoms with Crippen LogP contribution in [0, 0.1) is 26.7 Å². The van der Waals surface area contributed by atoms with Crippen LogP contribution >= 0.6 is 0 Å². The van der Waals surface area contributed by atoms with Crippen molar-refractivity contribution in [3.8, 4) is 11.1 Å².